The third-order valence-corrected chi connectivity index (χ3v) is 11.6. The number of hydrogen-bond acceptors (Lipinski definition) is 13. The normalized spacial score (nSPS) is 38.6. The van der Waals surface area contributed by atoms with Gasteiger partial charge in [0.05, 0.1) is 37.1 Å². The van der Waals surface area contributed by atoms with E-state index in [9.17, 15) is 24.6 Å². The number of aliphatic hydroxyl groups is 2. The van der Waals surface area contributed by atoms with Gasteiger partial charge in [-0.1, -0.05) is 54.0 Å². The maximum atomic E-state index is 14.4. The number of benzene rings is 1. The summed E-state index contributed by atoms with van der Waals surface area (Å²) in [7, 11) is 3.73. The Bertz CT molecular complexity index is 1570. The number of aliphatic imine (C=N–C) groups is 1. The Morgan fingerprint density at radius 3 is 2.47 bits per heavy atom. The number of oxime groups is 1. The number of carbonyl (C=O) groups is 3. The van der Waals surface area contributed by atoms with Crippen molar-refractivity contribution in [3.05, 3.63) is 34.3 Å². The van der Waals surface area contributed by atoms with Gasteiger partial charge in [0, 0.05) is 35.5 Å². The molecule has 3 heterocycles. The summed E-state index contributed by atoms with van der Waals surface area (Å²) in [6.45, 7) is 13.1. The quantitative estimate of drug-likeness (QED) is 0.222. The van der Waals surface area contributed by atoms with Crippen molar-refractivity contribution in [2.45, 2.75) is 142 Å². The van der Waals surface area contributed by atoms with Gasteiger partial charge in [-0.15, -0.1) is 0 Å². The van der Waals surface area contributed by atoms with Gasteiger partial charge in [-0.25, -0.2) is 4.99 Å². The second-order valence-corrected chi connectivity index (χ2v) is 16.9. The fourth-order valence-electron chi connectivity index (χ4n) is 7.85. The molecule has 0 aliphatic carbocycles. The summed E-state index contributed by atoms with van der Waals surface area (Å²) in [4.78, 5) is 52.9. The highest BCUT2D eigenvalue weighted by molar-refractivity contribution is 9.10. The molecular weight excluding hydrogens is 778 g/mol. The van der Waals surface area contributed by atoms with Crippen LogP contribution in [0, 0.1) is 17.8 Å². The number of Topliss-reactive ketones (excluding diaryl/α,β-unsaturated/α-hetero) is 1. The maximum absolute atomic E-state index is 14.4. The van der Waals surface area contributed by atoms with Gasteiger partial charge >= 0.3 is 5.97 Å². The van der Waals surface area contributed by atoms with E-state index in [0.29, 0.717) is 17.8 Å². The molecule has 3 aliphatic heterocycles. The van der Waals surface area contributed by atoms with Crippen LogP contribution in [0.15, 0.2) is 38.9 Å². The molecule has 15 heteroatoms. The van der Waals surface area contributed by atoms with Crippen LogP contribution in [0.4, 0.5) is 0 Å². The summed E-state index contributed by atoms with van der Waals surface area (Å²) in [6.07, 6.45) is -4.92. The molecule has 12 atom stereocenters. The second kappa shape index (κ2) is 19.2. The molecule has 1 aromatic rings. The van der Waals surface area contributed by atoms with Crippen molar-refractivity contribution in [3.63, 3.8) is 0 Å². The molecule has 55 heavy (non-hydrogen) atoms. The summed E-state index contributed by atoms with van der Waals surface area (Å²) in [5.41, 5.74) is -1.57. The van der Waals surface area contributed by atoms with Crippen molar-refractivity contribution in [2.75, 3.05) is 27.3 Å². The Labute approximate surface area is 333 Å². The smallest absolute Gasteiger partial charge is 0.316 e. The number of fused-ring (bicyclic) bond motifs is 5. The summed E-state index contributed by atoms with van der Waals surface area (Å²) < 4.78 is 33.0. The average molecular weight is 839 g/mol. The molecule has 14 nitrogen and oxygen atoms in total. The Morgan fingerprint density at radius 2 is 1.84 bits per heavy atom. The molecule has 3 saturated heterocycles. The lowest BCUT2D eigenvalue weighted by atomic mass is 9.76. The van der Waals surface area contributed by atoms with E-state index in [1.54, 1.807) is 20.8 Å². The predicted octanol–water partition coefficient (Wildman–Crippen LogP) is 4.64. The zero-order valence-corrected chi connectivity index (χ0v) is 35.4. The third kappa shape index (κ3) is 11.3. The highest BCUT2D eigenvalue weighted by Crippen LogP contribution is 2.39. The standard InChI is InChI=1S/C40H60BrN3O11/c1-11-32-40(8,49)33-17-30(42-26(6)45)22(2)18-39(7,51-21-29(20-50-33)43-52-19-27-13-12-14-28(41)16-27)36(24(4)34(46)25(5)37(48)54-32)55-38-35(47)31(44(9)10)15-23(3)53-38/h12-14,16,22-25,31-33,35-36,38,47,49H,11,15,17-21H2,1-10H3/b42-30?,43-29-/t22-,23-,24+,25-,31+,32+,33+,35-,36-,38+,39-,40-/m1/s1. The van der Waals surface area contributed by atoms with E-state index in [4.69, 9.17) is 28.5 Å². The van der Waals surface area contributed by atoms with Crippen molar-refractivity contribution in [2.24, 2.45) is 27.9 Å². The number of esters is 1. The van der Waals surface area contributed by atoms with Crippen molar-refractivity contribution in [3.8, 4) is 0 Å². The van der Waals surface area contributed by atoms with Crippen LogP contribution in [-0.4, -0.2) is 126 Å². The number of aliphatic hydroxyl groups excluding tert-OH is 1. The number of likely N-dealkylation sites (N-methyl/N-ethyl adjacent to an activating group) is 1. The zero-order valence-electron chi connectivity index (χ0n) is 33.8. The van der Waals surface area contributed by atoms with E-state index in [1.165, 1.54) is 20.8 Å². The molecule has 0 spiro atoms. The lowest BCUT2D eigenvalue weighted by molar-refractivity contribution is -0.296. The van der Waals surface area contributed by atoms with E-state index in [-0.39, 0.29) is 51.2 Å². The minimum atomic E-state index is -1.81. The maximum Gasteiger partial charge on any atom is 0.316 e. The molecule has 3 aliphatic rings. The molecule has 3 fully saturated rings. The molecule has 0 saturated carbocycles. The number of cyclic esters (lactones) is 1. The minimum Gasteiger partial charge on any atom is -0.459 e. The van der Waals surface area contributed by atoms with Gasteiger partial charge in [-0.05, 0) is 84.7 Å². The average Bonchev–Trinajstić information content (AvgIpc) is 3.13. The van der Waals surface area contributed by atoms with Crippen LogP contribution >= 0.6 is 15.9 Å². The fourth-order valence-corrected chi connectivity index (χ4v) is 8.29. The van der Waals surface area contributed by atoms with Crippen molar-refractivity contribution >= 4 is 45.0 Å². The van der Waals surface area contributed by atoms with Crippen LogP contribution in [-0.2, 0) is 49.5 Å². The van der Waals surface area contributed by atoms with Gasteiger partial charge in [0.1, 0.15) is 36.0 Å². The van der Waals surface area contributed by atoms with E-state index < -0.39 is 77.3 Å². The van der Waals surface area contributed by atoms with E-state index in [2.05, 4.69) is 26.1 Å². The number of nitrogens with zero attached hydrogens (tertiary/aromatic N) is 3. The Kier molecular flexibility index (Phi) is 15.7. The Balaban J connectivity index is 1.90. The van der Waals surface area contributed by atoms with Crippen LogP contribution in [0.3, 0.4) is 0 Å². The number of carbonyl (C=O) groups excluding carboxylic acids is 3. The monoisotopic (exact) mass is 837 g/mol. The van der Waals surface area contributed by atoms with Crippen LogP contribution in [0.25, 0.3) is 0 Å². The van der Waals surface area contributed by atoms with Gasteiger partial charge in [0.2, 0.25) is 5.91 Å². The molecule has 0 radical (unpaired) electrons. The van der Waals surface area contributed by atoms with Gasteiger partial charge < -0.3 is 43.6 Å². The molecule has 0 aromatic heterocycles. The zero-order chi connectivity index (χ0) is 40.8. The van der Waals surface area contributed by atoms with Crippen LogP contribution in [0.2, 0.25) is 0 Å². The lowest BCUT2D eigenvalue weighted by Gasteiger charge is -2.47. The highest BCUT2D eigenvalue weighted by Gasteiger charge is 2.51. The lowest BCUT2D eigenvalue weighted by Crippen LogP contribution is -2.59. The topological polar surface area (TPSA) is 175 Å². The Hall–Kier alpha value is -2.63. The number of ether oxygens (including phenoxy) is 5. The van der Waals surface area contributed by atoms with Gasteiger partial charge in [-0.3, -0.25) is 14.4 Å². The molecule has 308 valence electrons. The number of amides is 1. The molecule has 2 bridgehead atoms. The van der Waals surface area contributed by atoms with Crippen molar-refractivity contribution in [1.29, 1.82) is 0 Å². The summed E-state index contributed by atoms with van der Waals surface area (Å²) in [6, 6.07) is 7.28. The Morgan fingerprint density at radius 1 is 1.13 bits per heavy atom. The van der Waals surface area contributed by atoms with Crippen molar-refractivity contribution < 1.29 is 53.1 Å². The van der Waals surface area contributed by atoms with E-state index >= 15 is 0 Å². The number of hydrogen-bond donors (Lipinski definition) is 2. The SMILES string of the molecule is CC[C@@H]1OC(=O)[C@H](C)C(=O)[C@H](C)[C@@H](O[C@@H]2O[C@H](C)C[C@H](N(C)C)[C@H]2O)[C@@]2(C)C[C@@H](C)C(=NC(C)=O)C[C@H](OC/C(=N/OCc3cccc(Br)c3)CO2)[C@]1(C)O. The number of halogens is 1. The summed E-state index contributed by atoms with van der Waals surface area (Å²) in [5.74, 6) is -4.50. The molecular formula is C40H60BrN3O11. The van der Waals surface area contributed by atoms with Gasteiger partial charge in [0.25, 0.3) is 0 Å². The molecule has 1 amide bonds. The highest BCUT2D eigenvalue weighted by atomic mass is 79.9. The molecule has 0 unspecified atom stereocenters. The minimum absolute atomic E-state index is 0.00784. The van der Waals surface area contributed by atoms with Gasteiger partial charge in [-0.2, -0.15) is 0 Å². The van der Waals surface area contributed by atoms with Crippen LogP contribution < -0.4 is 0 Å². The van der Waals surface area contributed by atoms with Crippen LogP contribution in [0.1, 0.15) is 86.6 Å². The largest absolute Gasteiger partial charge is 0.459 e. The number of ketones is 1. The molecule has 4 rings (SSSR count). The summed E-state index contributed by atoms with van der Waals surface area (Å²) in [5, 5.41) is 28.2. The van der Waals surface area contributed by atoms with E-state index in [1.807, 2.05) is 57.1 Å². The molecule has 1 aromatic carbocycles. The first-order valence-electron chi connectivity index (χ1n) is 19.1. The first-order valence-corrected chi connectivity index (χ1v) is 19.9. The second-order valence-electron chi connectivity index (χ2n) is 16.0. The van der Waals surface area contributed by atoms with Crippen LogP contribution in [0.5, 0.6) is 0 Å². The van der Waals surface area contributed by atoms with Crippen molar-refractivity contribution in [1.82, 2.24) is 4.90 Å². The fraction of sp³-hybridized carbons (Fsp3) is 0.725. The third-order valence-electron chi connectivity index (χ3n) is 11.1. The van der Waals surface area contributed by atoms with Gasteiger partial charge in [0.15, 0.2) is 12.1 Å². The number of rotatable bonds is 7. The predicted molar refractivity (Wildman–Crippen MR) is 208 cm³/mol. The summed E-state index contributed by atoms with van der Waals surface area (Å²) >= 11 is 3.48. The molecule has 2 N–H and O–H groups in total. The first-order chi connectivity index (χ1) is 25.8. The van der Waals surface area contributed by atoms with E-state index in [0.717, 1.165) is 10.0 Å². The first kappa shape index (κ1) is 45.1.